The molecule has 0 aliphatic heterocycles. The first kappa shape index (κ1) is 14.8. The number of aromatic nitrogens is 2. The van der Waals surface area contributed by atoms with Crippen molar-refractivity contribution in [3.63, 3.8) is 0 Å². The van der Waals surface area contributed by atoms with Crippen molar-refractivity contribution < 1.29 is 0 Å². The molecule has 100 valence electrons. The van der Waals surface area contributed by atoms with Crippen molar-refractivity contribution in [2.75, 3.05) is 11.9 Å². The number of hydrogen-bond donors (Lipinski definition) is 1. The summed E-state index contributed by atoms with van der Waals surface area (Å²) in [6.45, 7) is 2.97. The van der Waals surface area contributed by atoms with Crippen LogP contribution in [-0.2, 0) is 0 Å². The normalized spacial score (nSPS) is 10.5. The molecule has 0 saturated carbocycles. The summed E-state index contributed by atoms with van der Waals surface area (Å²) in [4.78, 5) is 8.82. The van der Waals surface area contributed by atoms with Gasteiger partial charge in [0.1, 0.15) is 5.82 Å². The molecule has 2 rings (SSSR count). The molecule has 0 unspecified atom stereocenters. The molecule has 1 aromatic carbocycles. The zero-order valence-corrected chi connectivity index (χ0v) is 14.2. The highest BCUT2D eigenvalue weighted by molar-refractivity contribution is 9.10. The zero-order valence-electron chi connectivity index (χ0n) is 10.3. The fourth-order valence-corrected chi connectivity index (χ4v) is 2.43. The number of anilines is 1. The van der Waals surface area contributed by atoms with Crippen LogP contribution in [0, 0.1) is 0 Å². The minimum atomic E-state index is 0.605. The van der Waals surface area contributed by atoms with Crippen LogP contribution in [0.5, 0.6) is 0 Å². The topological polar surface area (TPSA) is 37.8 Å². The Kier molecular flexibility index (Phi) is 5.19. The first-order chi connectivity index (χ1) is 9.11. The first-order valence-corrected chi connectivity index (χ1v) is 7.80. The molecule has 0 bridgehead atoms. The van der Waals surface area contributed by atoms with Crippen LogP contribution in [0.15, 0.2) is 33.3 Å². The van der Waals surface area contributed by atoms with Gasteiger partial charge in [0.25, 0.3) is 0 Å². The Bertz CT molecular complexity index is 590. The SMILES string of the molecule is CCCNc1nc(-c2cc(Br)ccc2Cl)ncc1Br. The van der Waals surface area contributed by atoms with Crippen molar-refractivity contribution in [2.45, 2.75) is 13.3 Å². The van der Waals surface area contributed by atoms with Gasteiger partial charge in [0.05, 0.1) is 9.50 Å². The zero-order chi connectivity index (χ0) is 13.8. The van der Waals surface area contributed by atoms with Gasteiger partial charge < -0.3 is 5.32 Å². The highest BCUT2D eigenvalue weighted by Gasteiger charge is 2.10. The standard InChI is InChI=1S/C13H12Br2ClN3/c1-2-5-17-13-10(15)7-18-12(19-13)9-6-8(14)3-4-11(9)16/h3-4,6-7H,2,5H2,1H3,(H,17,18,19). The molecule has 1 aromatic heterocycles. The molecule has 0 aliphatic rings. The second kappa shape index (κ2) is 6.68. The summed E-state index contributed by atoms with van der Waals surface area (Å²) in [6, 6.07) is 5.63. The molecule has 0 radical (unpaired) electrons. The molecule has 3 nitrogen and oxygen atoms in total. The van der Waals surface area contributed by atoms with Crippen molar-refractivity contribution in [2.24, 2.45) is 0 Å². The van der Waals surface area contributed by atoms with Crippen LogP contribution in [0.1, 0.15) is 13.3 Å². The molecule has 0 saturated heterocycles. The van der Waals surface area contributed by atoms with Gasteiger partial charge in [0.2, 0.25) is 0 Å². The van der Waals surface area contributed by atoms with Gasteiger partial charge >= 0.3 is 0 Å². The van der Waals surface area contributed by atoms with Crippen molar-refractivity contribution in [3.8, 4) is 11.4 Å². The summed E-state index contributed by atoms with van der Waals surface area (Å²) in [5.74, 6) is 1.39. The van der Waals surface area contributed by atoms with E-state index in [1.54, 1.807) is 6.20 Å². The minimum absolute atomic E-state index is 0.605. The third-order valence-corrected chi connectivity index (χ3v) is 3.86. The van der Waals surface area contributed by atoms with Gasteiger partial charge in [-0.05, 0) is 40.5 Å². The number of benzene rings is 1. The van der Waals surface area contributed by atoms with E-state index in [9.17, 15) is 0 Å². The van der Waals surface area contributed by atoms with Crippen molar-refractivity contribution in [1.29, 1.82) is 0 Å². The third kappa shape index (κ3) is 3.68. The third-order valence-electron chi connectivity index (χ3n) is 2.46. The van der Waals surface area contributed by atoms with Crippen LogP contribution in [-0.4, -0.2) is 16.5 Å². The van der Waals surface area contributed by atoms with Gasteiger partial charge in [-0.25, -0.2) is 9.97 Å². The molecule has 1 heterocycles. The van der Waals surface area contributed by atoms with Crippen molar-refractivity contribution in [3.05, 3.63) is 38.4 Å². The number of halogens is 3. The first-order valence-electron chi connectivity index (χ1n) is 5.83. The predicted octanol–water partition coefficient (Wildman–Crippen LogP) is 5.14. The van der Waals surface area contributed by atoms with Gasteiger partial charge in [0.15, 0.2) is 5.82 Å². The predicted molar refractivity (Wildman–Crippen MR) is 86.7 cm³/mol. The van der Waals surface area contributed by atoms with Gasteiger partial charge in [-0.1, -0.05) is 34.5 Å². The lowest BCUT2D eigenvalue weighted by Gasteiger charge is -2.09. The maximum atomic E-state index is 6.19. The summed E-state index contributed by atoms with van der Waals surface area (Å²) >= 11 is 13.1. The molecule has 0 amide bonds. The van der Waals surface area contributed by atoms with Crippen LogP contribution in [0.4, 0.5) is 5.82 Å². The Labute approximate surface area is 134 Å². The molecule has 0 aliphatic carbocycles. The molecule has 1 N–H and O–H groups in total. The van der Waals surface area contributed by atoms with E-state index in [-0.39, 0.29) is 0 Å². The van der Waals surface area contributed by atoms with E-state index in [1.807, 2.05) is 18.2 Å². The Morgan fingerprint density at radius 3 is 2.84 bits per heavy atom. The van der Waals surface area contributed by atoms with Crippen molar-refractivity contribution in [1.82, 2.24) is 9.97 Å². The minimum Gasteiger partial charge on any atom is -0.369 e. The molecular weight excluding hydrogens is 393 g/mol. The smallest absolute Gasteiger partial charge is 0.163 e. The molecule has 0 fully saturated rings. The van der Waals surface area contributed by atoms with Gasteiger partial charge in [-0.3, -0.25) is 0 Å². The summed E-state index contributed by atoms with van der Waals surface area (Å²) in [6.07, 6.45) is 2.76. The highest BCUT2D eigenvalue weighted by Crippen LogP contribution is 2.30. The Morgan fingerprint density at radius 2 is 2.11 bits per heavy atom. The number of rotatable bonds is 4. The van der Waals surface area contributed by atoms with Crippen LogP contribution in [0.25, 0.3) is 11.4 Å². The summed E-state index contributed by atoms with van der Waals surface area (Å²) in [5.41, 5.74) is 0.808. The van der Waals surface area contributed by atoms with E-state index >= 15 is 0 Å². The number of nitrogens with one attached hydrogen (secondary N) is 1. The molecule has 0 atom stereocenters. The molecule has 0 spiro atoms. The second-order valence-corrected chi connectivity index (χ2v) is 6.12. The van der Waals surface area contributed by atoms with E-state index in [4.69, 9.17) is 11.6 Å². The van der Waals surface area contributed by atoms with Crippen LogP contribution in [0.3, 0.4) is 0 Å². The van der Waals surface area contributed by atoms with E-state index in [2.05, 4.69) is 54.1 Å². The Hall–Kier alpha value is -0.650. The molecule has 19 heavy (non-hydrogen) atoms. The second-order valence-electron chi connectivity index (χ2n) is 3.94. The van der Waals surface area contributed by atoms with Crippen LogP contribution < -0.4 is 5.32 Å². The Morgan fingerprint density at radius 1 is 1.32 bits per heavy atom. The van der Waals surface area contributed by atoms with Crippen LogP contribution >= 0.6 is 43.5 Å². The maximum absolute atomic E-state index is 6.19. The van der Waals surface area contributed by atoms with E-state index in [0.29, 0.717) is 10.8 Å². The number of nitrogens with zero attached hydrogens (tertiary/aromatic N) is 2. The largest absolute Gasteiger partial charge is 0.369 e. The van der Waals surface area contributed by atoms with Gasteiger partial charge in [0, 0.05) is 22.8 Å². The monoisotopic (exact) mass is 403 g/mol. The lowest BCUT2D eigenvalue weighted by atomic mass is 10.2. The van der Waals surface area contributed by atoms with E-state index in [0.717, 1.165) is 33.3 Å². The fourth-order valence-electron chi connectivity index (χ4n) is 1.53. The summed E-state index contributed by atoms with van der Waals surface area (Å²) in [5, 5.41) is 3.89. The fraction of sp³-hybridized carbons (Fsp3) is 0.231. The Balaban J connectivity index is 2.42. The molecular formula is C13H12Br2ClN3. The molecule has 6 heteroatoms. The quantitative estimate of drug-likeness (QED) is 0.765. The average molecular weight is 406 g/mol. The summed E-state index contributed by atoms with van der Waals surface area (Å²) in [7, 11) is 0. The average Bonchev–Trinajstić information content (AvgIpc) is 2.41. The highest BCUT2D eigenvalue weighted by atomic mass is 79.9. The van der Waals surface area contributed by atoms with Crippen LogP contribution in [0.2, 0.25) is 5.02 Å². The van der Waals surface area contributed by atoms with E-state index < -0.39 is 0 Å². The maximum Gasteiger partial charge on any atom is 0.163 e. The van der Waals surface area contributed by atoms with Gasteiger partial charge in [-0.2, -0.15) is 0 Å². The molecule has 2 aromatic rings. The number of hydrogen-bond acceptors (Lipinski definition) is 3. The van der Waals surface area contributed by atoms with E-state index in [1.165, 1.54) is 0 Å². The lowest BCUT2D eigenvalue weighted by Crippen LogP contribution is -2.04. The lowest BCUT2D eigenvalue weighted by molar-refractivity contribution is 0.963. The van der Waals surface area contributed by atoms with Gasteiger partial charge in [-0.15, -0.1) is 0 Å². The summed E-state index contributed by atoms with van der Waals surface area (Å²) < 4.78 is 1.79. The van der Waals surface area contributed by atoms with Crippen molar-refractivity contribution >= 4 is 49.3 Å².